The Morgan fingerprint density at radius 1 is 1.17 bits per heavy atom. The molecule has 1 amide bonds. The Balaban J connectivity index is 4.63. The second-order valence-electron chi connectivity index (χ2n) is 4.76. The van der Waals surface area contributed by atoms with Crippen LogP contribution in [0.2, 0.25) is 0 Å². The van der Waals surface area contributed by atoms with E-state index in [1.807, 2.05) is 41.5 Å². The second-order valence-corrected chi connectivity index (χ2v) is 4.76. The van der Waals surface area contributed by atoms with Gasteiger partial charge in [-0.3, -0.25) is 4.79 Å². The molecule has 0 fully saturated rings. The highest BCUT2D eigenvalue weighted by molar-refractivity contribution is 5.87. The van der Waals surface area contributed by atoms with E-state index in [-0.39, 0.29) is 24.2 Å². The molecule has 4 heteroatoms. The normalized spacial score (nSPS) is 13.8. The topological polar surface area (TPSA) is 47.6 Å². The van der Waals surface area contributed by atoms with Gasteiger partial charge in [-0.25, -0.2) is 0 Å². The molecule has 0 aromatic carbocycles. The van der Waals surface area contributed by atoms with E-state index in [0.717, 1.165) is 6.42 Å². The standard InChI is InChI=1S/C14H27NO3/c1-7-9-13(16)15-12(8-2)14(17-10(3)4)18-11(5)6/h7,9-12,14H,8H2,1-6H3,(H,15,16)/b9-7+. The van der Waals surface area contributed by atoms with Gasteiger partial charge < -0.3 is 14.8 Å². The van der Waals surface area contributed by atoms with Crippen LogP contribution in [0, 0.1) is 0 Å². The van der Waals surface area contributed by atoms with Crippen LogP contribution in [-0.2, 0) is 14.3 Å². The van der Waals surface area contributed by atoms with Gasteiger partial charge in [-0.1, -0.05) is 13.0 Å². The monoisotopic (exact) mass is 257 g/mol. The lowest BCUT2D eigenvalue weighted by Crippen LogP contribution is -2.46. The Bertz CT molecular complexity index is 252. The Labute approximate surface area is 111 Å². The number of ether oxygens (including phenoxy) is 2. The van der Waals surface area contributed by atoms with Crippen LogP contribution in [0.3, 0.4) is 0 Å². The second kappa shape index (κ2) is 9.11. The van der Waals surface area contributed by atoms with Gasteiger partial charge in [-0.15, -0.1) is 0 Å². The third kappa shape index (κ3) is 7.45. The van der Waals surface area contributed by atoms with Crippen molar-refractivity contribution in [3.05, 3.63) is 12.2 Å². The van der Waals surface area contributed by atoms with Crippen molar-refractivity contribution in [1.82, 2.24) is 5.32 Å². The summed E-state index contributed by atoms with van der Waals surface area (Å²) < 4.78 is 11.5. The summed E-state index contributed by atoms with van der Waals surface area (Å²) in [6, 6.07) is -0.140. The molecule has 106 valence electrons. The lowest BCUT2D eigenvalue weighted by molar-refractivity contribution is -0.196. The fraction of sp³-hybridized carbons (Fsp3) is 0.786. The molecule has 0 heterocycles. The number of rotatable bonds is 8. The quantitative estimate of drug-likeness (QED) is 0.537. The molecule has 1 unspecified atom stereocenters. The van der Waals surface area contributed by atoms with Crippen LogP contribution in [0.25, 0.3) is 0 Å². The van der Waals surface area contributed by atoms with Gasteiger partial charge in [0.05, 0.1) is 18.2 Å². The minimum atomic E-state index is -0.413. The zero-order chi connectivity index (χ0) is 14.1. The first kappa shape index (κ1) is 17.1. The fourth-order valence-electron chi connectivity index (χ4n) is 1.50. The van der Waals surface area contributed by atoms with Crippen molar-refractivity contribution in [3.63, 3.8) is 0 Å². The smallest absolute Gasteiger partial charge is 0.244 e. The molecule has 0 aromatic rings. The zero-order valence-corrected chi connectivity index (χ0v) is 12.4. The maximum atomic E-state index is 11.6. The van der Waals surface area contributed by atoms with Gasteiger partial charge in [-0.2, -0.15) is 0 Å². The molecule has 0 bridgehead atoms. The van der Waals surface area contributed by atoms with Gasteiger partial charge in [0.1, 0.15) is 0 Å². The molecule has 0 spiro atoms. The van der Waals surface area contributed by atoms with Crippen molar-refractivity contribution >= 4 is 5.91 Å². The third-order valence-corrected chi connectivity index (χ3v) is 2.23. The summed E-state index contributed by atoms with van der Waals surface area (Å²) in [5.74, 6) is -0.117. The molecule has 0 saturated heterocycles. The molecule has 0 aliphatic rings. The number of nitrogens with one attached hydrogen (secondary N) is 1. The van der Waals surface area contributed by atoms with Crippen LogP contribution < -0.4 is 5.32 Å². The highest BCUT2D eigenvalue weighted by Crippen LogP contribution is 2.11. The Morgan fingerprint density at radius 2 is 1.67 bits per heavy atom. The summed E-state index contributed by atoms with van der Waals surface area (Å²) in [5, 5.41) is 2.90. The van der Waals surface area contributed by atoms with E-state index < -0.39 is 6.29 Å². The van der Waals surface area contributed by atoms with Crippen LogP contribution in [0.15, 0.2) is 12.2 Å². The van der Waals surface area contributed by atoms with Gasteiger partial charge >= 0.3 is 0 Å². The maximum Gasteiger partial charge on any atom is 0.244 e. The first-order chi connectivity index (χ1) is 8.40. The van der Waals surface area contributed by atoms with Gasteiger partial charge in [0.15, 0.2) is 6.29 Å². The van der Waals surface area contributed by atoms with E-state index in [4.69, 9.17) is 9.47 Å². The minimum Gasteiger partial charge on any atom is -0.348 e. The molecule has 0 aliphatic heterocycles. The lowest BCUT2D eigenvalue weighted by atomic mass is 10.2. The molecule has 0 aliphatic carbocycles. The third-order valence-electron chi connectivity index (χ3n) is 2.23. The van der Waals surface area contributed by atoms with Crippen molar-refractivity contribution in [3.8, 4) is 0 Å². The van der Waals surface area contributed by atoms with E-state index >= 15 is 0 Å². The molecular weight excluding hydrogens is 230 g/mol. The summed E-state index contributed by atoms with van der Waals surface area (Å²) in [7, 11) is 0. The van der Waals surface area contributed by atoms with E-state index in [1.54, 1.807) is 6.08 Å². The average molecular weight is 257 g/mol. The Kier molecular flexibility index (Phi) is 8.67. The molecule has 1 atom stereocenters. The minimum absolute atomic E-state index is 0.0569. The van der Waals surface area contributed by atoms with Gasteiger partial charge in [0.25, 0.3) is 0 Å². The van der Waals surface area contributed by atoms with Crippen molar-refractivity contribution < 1.29 is 14.3 Å². The summed E-state index contributed by atoms with van der Waals surface area (Å²) >= 11 is 0. The van der Waals surface area contributed by atoms with E-state index in [9.17, 15) is 4.79 Å². The van der Waals surface area contributed by atoms with Crippen LogP contribution in [0.1, 0.15) is 48.0 Å². The lowest BCUT2D eigenvalue weighted by Gasteiger charge is -2.30. The van der Waals surface area contributed by atoms with E-state index in [0.29, 0.717) is 0 Å². The molecule has 0 rings (SSSR count). The molecule has 0 saturated carbocycles. The van der Waals surface area contributed by atoms with E-state index in [2.05, 4.69) is 5.32 Å². The number of allylic oxidation sites excluding steroid dienone is 1. The van der Waals surface area contributed by atoms with Crippen LogP contribution in [0.5, 0.6) is 0 Å². The highest BCUT2D eigenvalue weighted by atomic mass is 16.7. The van der Waals surface area contributed by atoms with E-state index in [1.165, 1.54) is 6.08 Å². The largest absolute Gasteiger partial charge is 0.348 e. The molecule has 0 radical (unpaired) electrons. The summed E-state index contributed by atoms with van der Waals surface area (Å²) in [5.41, 5.74) is 0. The predicted octanol–water partition coefficient (Wildman–Crippen LogP) is 2.63. The summed E-state index contributed by atoms with van der Waals surface area (Å²) in [4.78, 5) is 11.6. The first-order valence-corrected chi connectivity index (χ1v) is 6.64. The number of hydrogen-bond donors (Lipinski definition) is 1. The maximum absolute atomic E-state index is 11.6. The average Bonchev–Trinajstić information content (AvgIpc) is 2.24. The highest BCUT2D eigenvalue weighted by Gasteiger charge is 2.24. The molecular formula is C14H27NO3. The Hall–Kier alpha value is -0.870. The van der Waals surface area contributed by atoms with Crippen molar-refractivity contribution in [2.45, 2.75) is 72.5 Å². The molecule has 18 heavy (non-hydrogen) atoms. The summed E-state index contributed by atoms with van der Waals surface area (Å²) in [6.45, 7) is 11.6. The van der Waals surface area contributed by atoms with Crippen molar-refractivity contribution in [2.24, 2.45) is 0 Å². The number of amides is 1. The van der Waals surface area contributed by atoms with Crippen LogP contribution in [0.4, 0.5) is 0 Å². The number of hydrogen-bond acceptors (Lipinski definition) is 3. The molecule has 0 aromatic heterocycles. The van der Waals surface area contributed by atoms with Crippen molar-refractivity contribution in [1.29, 1.82) is 0 Å². The Morgan fingerprint density at radius 3 is 2.00 bits per heavy atom. The molecule has 4 nitrogen and oxygen atoms in total. The van der Waals surface area contributed by atoms with Gasteiger partial charge in [0.2, 0.25) is 5.91 Å². The van der Waals surface area contributed by atoms with Crippen molar-refractivity contribution in [2.75, 3.05) is 0 Å². The zero-order valence-electron chi connectivity index (χ0n) is 12.4. The van der Waals surface area contributed by atoms with Gasteiger partial charge in [0, 0.05) is 0 Å². The number of carbonyl (C=O) groups is 1. The SMILES string of the molecule is C/C=C/C(=O)NC(CC)C(OC(C)C)OC(C)C. The van der Waals surface area contributed by atoms with Crippen LogP contribution >= 0.6 is 0 Å². The fourth-order valence-corrected chi connectivity index (χ4v) is 1.50. The first-order valence-electron chi connectivity index (χ1n) is 6.64. The molecule has 1 N–H and O–H groups in total. The predicted molar refractivity (Wildman–Crippen MR) is 73.3 cm³/mol. The summed E-state index contributed by atoms with van der Waals surface area (Å²) in [6.07, 6.45) is 3.67. The van der Waals surface area contributed by atoms with Crippen LogP contribution in [-0.4, -0.2) is 30.4 Å². The number of carbonyl (C=O) groups excluding carboxylic acids is 1. The van der Waals surface area contributed by atoms with Gasteiger partial charge in [-0.05, 0) is 47.1 Å².